The molecule has 210 valence electrons. The molecular weight excluding hydrogens is 569 g/mol. The second-order valence-corrected chi connectivity index (χ2v) is 7.09. The number of alkyl halides is 19. The fraction of sp³-hybridized carbons (Fsp3) is 0.625. The summed E-state index contributed by atoms with van der Waals surface area (Å²) in [7, 11) is 0. The lowest BCUT2D eigenvalue weighted by atomic mass is 9.85. The quantitative estimate of drug-likeness (QED) is 0.314. The minimum atomic E-state index is -8.95. The second-order valence-electron chi connectivity index (χ2n) is 7.09. The van der Waals surface area contributed by atoms with Crippen molar-refractivity contribution in [2.75, 3.05) is 0 Å². The van der Waals surface area contributed by atoms with Crippen molar-refractivity contribution < 1.29 is 88.5 Å². The molecule has 0 spiro atoms. The molecule has 36 heavy (non-hydrogen) atoms. The van der Waals surface area contributed by atoms with Crippen molar-refractivity contribution in [3.8, 4) is 5.75 Å². The number of phenolic OH excluding ortho intramolecular Hbond substituents is 1. The molecule has 0 saturated carbocycles. The molecule has 0 amide bonds. The average Bonchev–Trinajstić information content (AvgIpc) is 2.65. The maximum atomic E-state index is 14.1. The molecule has 20 heteroatoms. The van der Waals surface area contributed by atoms with Gasteiger partial charge >= 0.3 is 53.6 Å². The van der Waals surface area contributed by atoms with E-state index in [4.69, 9.17) is 5.11 Å². The molecule has 1 aromatic rings. The number of hydrogen-bond acceptors (Lipinski definition) is 1. The molecule has 0 bridgehead atoms. The molecular formula is C16H7F19O. The normalized spacial score (nSPS) is 15.9. The van der Waals surface area contributed by atoms with E-state index in [9.17, 15) is 83.4 Å². The fourth-order valence-electron chi connectivity index (χ4n) is 2.53. The van der Waals surface area contributed by atoms with Crippen LogP contribution >= 0.6 is 0 Å². The summed E-state index contributed by atoms with van der Waals surface area (Å²) in [5.74, 6) is -68.0. The first-order valence-electron chi connectivity index (χ1n) is 8.30. The largest absolute Gasteiger partial charge is 0.508 e. The number of phenols is 1. The zero-order valence-corrected chi connectivity index (χ0v) is 16.4. The van der Waals surface area contributed by atoms with Gasteiger partial charge in [0.2, 0.25) is 0 Å². The summed E-state index contributed by atoms with van der Waals surface area (Å²) in [4.78, 5) is 0. The van der Waals surface area contributed by atoms with Gasteiger partial charge < -0.3 is 5.11 Å². The lowest BCUT2D eigenvalue weighted by molar-refractivity contribution is -0.469. The van der Waals surface area contributed by atoms with Gasteiger partial charge in [0.05, 0.1) is 0 Å². The van der Waals surface area contributed by atoms with Crippen molar-refractivity contribution in [1.29, 1.82) is 0 Å². The molecule has 0 heterocycles. The van der Waals surface area contributed by atoms with E-state index >= 15 is 0 Å². The monoisotopic (exact) mass is 576 g/mol. The van der Waals surface area contributed by atoms with E-state index in [2.05, 4.69) is 0 Å². The number of rotatable bonds is 8. The number of benzene rings is 1. The molecule has 0 aliphatic carbocycles. The van der Waals surface area contributed by atoms with Gasteiger partial charge in [0.15, 0.2) is 0 Å². The van der Waals surface area contributed by atoms with Crippen LogP contribution in [0, 0.1) is 6.92 Å². The Hall–Kier alpha value is -2.31. The minimum absolute atomic E-state index is 0.0468. The van der Waals surface area contributed by atoms with E-state index in [0.29, 0.717) is 6.92 Å². The van der Waals surface area contributed by atoms with Crippen LogP contribution in [0.2, 0.25) is 0 Å². The highest BCUT2D eigenvalue weighted by molar-refractivity contribution is 5.38. The smallest absolute Gasteiger partial charge is 0.460 e. The first-order chi connectivity index (χ1) is 15.4. The first kappa shape index (κ1) is 31.7. The van der Waals surface area contributed by atoms with Crippen LogP contribution in [0.1, 0.15) is 11.1 Å². The lowest BCUT2D eigenvalue weighted by Gasteiger charge is -2.44. The third kappa shape index (κ3) is 3.79. The molecule has 0 fully saturated rings. The van der Waals surface area contributed by atoms with Gasteiger partial charge in [-0.05, 0) is 30.7 Å². The summed E-state index contributed by atoms with van der Waals surface area (Å²) in [6.45, 7) is 0.331. The Bertz CT molecular complexity index is 974. The zero-order valence-electron chi connectivity index (χ0n) is 16.4. The summed E-state index contributed by atoms with van der Waals surface area (Å²) < 4.78 is 253. The van der Waals surface area contributed by atoms with Gasteiger partial charge in [-0.3, -0.25) is 0 Å². The summed E-state index contributed by atoms with van der Waals surface area (Å²) in [6.07, 6.45) is -7.92. The van der Waals surface area contributed by atoms with Crippen molar-refractivity contribution >= 4 is 0 Å². The maximum absolute atomic E-state index is 14.1. The maximum Gasteiger partial charge on any atom is 0.460 e. The Labute approximate surface area is 185 Å². The van der Waals surface area contributed by atoms with Gasteiger partial charge in [-0.1, -0.05) is 0 Å². The minimum Gasteiger partial charge on any atom is -0.508 e. The van der Waals surface area contributed by atoms with Gasteiger partial charge in [0.25, 0.3) is 0 Å². The van der Waals surface area contributed by atoms with Crippen LogP contribution < -0.4 is 0 Å². The Balaban J connectivity index is 3.81. The van der Waals surface area contributed by atoms with E-state index < -0.39 is 70.4 Å². The Morgan fingerprint density at radius 3 is 1.08 bits per heavy atom. The van der Waals surface area contributed by atoms with E-state index in [1.807, 2.05) is 0 Å². The fourth-order valence-corrected chi connectivity index (χ4v) is 2.53. The molecule has 1 N–H and O–H groups in total. The van der Waals surface area contributed by atoms with E-state index in [0.717, 1.165) is 0 Å². The topological polar surface area (TPSA) is 20.2 Å². The van der Waals surface area contributed by atoms with Crippen LogP contribution in [0.15, 0.2) is 18.2 Å². The van der Waals surface area contributed by atoms with Crippen molar-refractivity contribution in [2.45, 2.75) is 60.5 Å². The molecule has 1 aromatic carbocycles. The summed E-state index contributed by atoms with van der Waals surface area (Å²) in [5.41, 5.74) is -3.75. The molecule has 1 rings (SSSR count). The predicted octanol–water partition coefficient (Wildman–Crippen LogP) is 7.80. The van der Waals surface area contributed by atoms with E-state index in [1.54, 1.807) is 0 Å². The molecule has 0 atom stereocenters. The van der Waals surface area contributed by atoms with Crippen molar-refractivity contribution in [2.24, 2.45) is 0 Å². The molecule has 1 nitrogen and oxygen atoms in total. The molecule has 0 aromatic heterocycles. The third-order valence-corrected chi connectivity index (χ3v) is 4.66. The SMILES string of the molecule is Cc1cc(O)ccc1C(F)(F)C(F)(F)C(F)(F)C(F)(F)C(F)(F)C(F)(F)C(F)(F)C(F)(F)C(F)(F)F. The Morgan fingerprint density at radius 2 is 0.778 bits per heavy atom. The summed E-state index contributed by atoms with van der Waals surface area (Å²) >= 11 is 0. The van der Waals surface area contributed by atoms with Crippen LogP contribution in [0.25, 0.3) is 0 Å². The summed E-state index contributed by atoms with van der Waals surface area (Å²) in [5, 5.41) is 9.00. The van der Waals surface area contributed by atoms with Crippen LogP contribution in [-0.4, -0.2) is 52.7 Å². The molecule has 0 aliphatic heterocycles. The van der Waals surface area contributed by atoms with Gasteiger partial charge in [0, 0.05) is 5.56 Å². The third-order valence-electron chi connectivity index (χ3n) is 4.66. The van der Waals surface area contributed by atoms with Gasteiger partial charge in [-0.25, -0.2) is 0 Å². The predicted molar refractivity (Wildman–Crippen MR) is 77.4 cm³/mol. The lowest BCUT2D eigenvalue weighted by Crippen LogP contribution is -2.75. The molecule has 0 unspecified atom stereocenters. The number of aromatic hydroxyl groups is 1. The van der Waals surface area contributed by atoms with Gasteiger partial charge in [-0.15, -0.1) is 0 Å². The Morgan fingerprint density at radius 1 is 0.472 bits per heavy atom. The standard InChI is InChI=1S/C16H7F19O/c1-5-4-6(36)2-3-7(5)8(17,18)9(19,20)10(21,22)11(23,24)12(25,26)13(27,28)14(29,30)15(31,32)16(33,34)35/h2-4,36H,1H3. The van der Waals surface area contributed by atoms with Crippen LogP contribution in [0.4, 0.5) is 83.4 Å². The van der Waals surface area contributed by atoms with Gasteiger partial charge in [0.1, 0.15) is 5.75 Å². The highest BCUT2D eigenvalue weighted by Gasteiger charge is 2.96. The van der Waals surface area contributed by atoms with Crippen molar-refractivity contribution in [1.82, 2.24) is 0 Å². The highest BCUT2D eigenvalue weighted by Crippen LogP contribution is 2.66. The highest BCUT2D eigenvalue weighted by atomic mass is 19.4. The Kier molecular flexibility index (Phi) is 7.13. The van der Waals surface area contributed by atoms with Crippen LogP contribution in [-0.2, 0) is 5.92 Å². The molecule has 0 radical (unpaired) electrons. The second kappa shape index (κ2) is 8.09. The van der Waals surface area contributed by atoms with Gasteiger partial charge in [-0.2, -0.15) is 83.4 Å². The first-order valence-corrected chi connectivity index (χ1v) is 8.30. The molecule has 0 saturated heterocycles. The average molecular weight is 576 g/mol. The molecule has 0 aliphatic rings. The number of halogens is 19. The van der Waals surface area contributed by atoms with Crippen molar-refractivity contribution in [3.63, 3.8) is 0 Å². The van der Waals surface area contributed by atoms with Crippen molar-refractivity contribution in [3.05, 3.63) is 29.3 Å². The van der Waals surface area contributed by atoms with Crippen LogP contribution in [0.5, 0.6) is 5.75 Å². The number of hydrogen-bond donors (Lipinski definition) is 1. The number of aryl methyl sites for hydroxylation is 1. The van der Waals surface area contributed by atoms with Crippen LogP contribution in [0.3, 0.4) is 0 Å². The van der Waals surface area contributed by atoms with E-state index in [1.165, 1.54) is 0 Å². The van der Waals surface area contributed by atoms with E-state index in [-0.39, 0.29) is 18.2 Å². The zero-order chi connectivity index (χ0) is 29.4. The summed E-state index contributed by atoms with van der Waals surface area (Å²) in [6, 6.07) is -0.194.